The number of benzene rings is 2. The number of hydrogen-bond donors (Lipinski definition) is 2. The van der Waals surface area contributed by atoms with E-state index in [4.69, 9.17) is 4.98 Å². The molecule has 0 unspecified atom stereocenters. The summed E-state index contributed by atoms with van der Waals surface area (Å²) in [4.78, 5) is 9.37. The number of para-hydroxylation sites is 1. The Kier molecular flexibility index (Phi) is 3.51. The summed E-state index contributed by atoms with van der Waals surface area (Å²) in [5, 5.41) is 11.2. The number of aromatic amines is 1. The lowest BCUT2D eigenvalue weighted by Crippen LogP contribution is -2.00. The third-order valence-corrected chi connectivity index (χ3v) is 4.07. The number of hydrogen-bond acceptors (Lipinski definition) is 4. The third kappa shape index (κ3) is 2.68. The van der Waals surface area contributed by atoms with Crippen LogP contribution in [0, 0.1) is 0 Å². The number of aromatic nitrogens is 4. The van der Waals surface area contributed by atoms with Crippen LogP contribution < -0.4 is 5.32 Å². The first-order valence-corrected chi connectivity index (χ1v) is 7.88. The summed E-state index contributed by atoms with van der Waals surface area (Å²) in [6.07, 6.45) is 1.70. The highest BCUT2D eigenvalue weighted by Crippen LogP contribution is 2.28. The van der Waals surface area contributed by atoms with E-state index in [1.54, 1.807) is 6.20 Å². The maximum atomic E-state index is 4.70. The number of anilines is 2. The van der Waals surface area contributed by atoms with Crippen molar-refractivity contribution in [1.29, 1.82) is 0 Å². The predicted octanol–water partition coefficient (Wildman–Crippen LogP) is 4.53. The Hall–Kier alpha value is -2.73. The monoisotopic (exact) mass is 365 g/mol. The van der Waals surface area contributed by atoms with E-state index in [1.165, 1.54) is 0 Å². The van der Waals surface area contributed by atoms with E-state index >= 15 is 0 Å². The molecule has 23 heavy (non-hydrogen) atoms. The lowest BCUT2D eigenvalue weighted by Gasteiger charge is -2.10. The Balaban J connectivity index is 1.89. The highest BCUT2D eigenvalue weighted by atomic mass is 79.9. The fourth-order valence-electron chi connectivity index (χ4n) is 2.37. The molecule has 0 fully saturated rings. The fraction of sp³-hybridized carbons (Fsp3) is 0. The zero-order valence-corrected chi connectivity index (χ0v) is 13.6. The van der Waals surface area contributed by atoms with Crippen LogP contribution in [-0.2, 0) is 0 Å². The van der Waals surface area contributed by atoms with Crippen molar-refractivity contribution in [3.63, 3.8) is 0 Å². The summed E-state index contributed by atoms with van der Waals surface area (Å²) in [5.74, 6) is 2.18. The van der Waals surface area contributed by atoms with E-state index in [0.717, 1.165) is 32.6 Å². The van der Waals surface area contributed by atoms with E-state index in [0.29, 0.717) is 5.82 Å². The molecule has 0 saturated heterocycles. The molecule has 0 aliphatic carbocycles. The molecule has 0 atom stereocenters. The molecule has 6 heteroatoms. The molecule has 4 aromatic rings. The molecule has 4 rings (SSSR count). The third-order valence-electron chi connectivity index (χ3n) is 3.47. The minimum Gasteiger partial charge on any atom is -0.324 e. The summed E-state index contributed by atoms with van der Waals surface area (Å²) in [6, 6.07) is 17.9. The standard InChI is InChI=1S/C17H12BrN5/c18-13-10-19-23-17(13)22-16-12-8-4-5-9-14(12)20-15(21-16)11-6-2-1-3-7-11/h1-10H,(H2,19,20,21,22,23). The van der Waals surface area contributed by atoms with Gasteiger partial charge < -0.3 is 5.32 Å². The Bertz CT molecular complexity index is 965. The molecule has 0 bridgehead atoms. The van der Waals surface area contributed by atoms with Gasteiger partial charge in [-0.05, 0) is 28.1 Å². The van der Waals surface area contributed by atoms with Crippen molar-refractivity contribution < 1.29 is 0 Å². The maximum Gasteiger partial charge on any atom is 0.162 e. The molecule has 112 valence electrons. The number of nitrogens with zero attached hydrogens (tertiary/aromatic N) is 3. The number of halogens is 1. The minimum atomic E-state index is 0.683. The fourth-order valence-corrected chi connectivity index (χ4v) is 2.66. The lowest BCUT2D eigenvalue weighted by molar-refractivity contribution is 1.09. The highest BCUT2D eigenvalue weighted by Gasteiger charge is 2.11. The molecule has 0 saturated carbocycles. The molecular weight excluding hydrogens is 354 g/mol. The summed E-state index contributed by atoms with van der Waals surface area (Å²) >= 11 is 3.45. The summed E-state index contributed by atoms with van der Waals surface area (Å²) in [6.45, 7) is 0. The lowest BCUT2D eigenvalue weighted by atomic mass is 10.2. The van der Waals surface area contributed by atoms with E-state index in [1.807, 2.05) is 54.6 Å². The highest BCUT2D eigenvalue weighted by molar-refractivity contribution is 9.10. The second-order valence-corrected chi connectivity index (χ2v) is 5.85. The van der Waals surface area contributed by atoms with Crippen molar-refractivity contribution in [1.82, 2.24) is 20.2 Å². The van der Waals surface area contributed by atoms with Crippen LogP contribution in [0.5, 0.6) is 0 Å². The molecule has 0 amide bonds. The van der Waals surface area contributed by atoms with E-state index in [9.17, 15) is 0 Å². The van der Waals surface area contributed by atoms with Gasteiger partial charge in [-0.3, -0.25) is 5.10 Å². The second-order valence-electron chi connectivity index (χ2n) is 5.00. The van der Waals surface area contributed by atoms with Crippen LogP contribution in [0.3, 0.4) is 0 Å². The van der Waals surface area contributed by atoms with E-state index in [-0.39, 0.29) is 0 Å². The maximum absolute atomic E-state index is 4.70. The van der Waals surface area contributed by atoms with Gasteiger partial charge in [-0.15, -0.1) is 0 Å². The quantitative estimate of drug-likeness (QED) is 0.559. The number of fused-ring (bicyclic) bond motifs is 1. The molecular formula is C17H12BrN5. The van der Waals surface area contributed by atoms with Crippen molar-refractivity contribution in [3.8, 4) is 11.4 Å². The zero-order valence-electron chi connectivity index (χ0n) is 12.0. The van der Waals surface area contributed by atoms with Gasteiger partial charge in [-0.25, -0.2) is 9.97 Å². The van der Waals surface area contributed by atoms with Crippen LogP contribution in [-0.4, -0.2) is 20.2 Å². The Morgan fingerprint density at radius 3 is 2.48 bits per heavy atom. The normalized spacial score (nSPS) is 10.8. The molecule has 0 aliphatic rings. The molecule has 2 heterocycles. The van der Waals surface area contributed by atoms with Gasteiger partial charge >= 0.3 is 0 Å². The van der Waals surface area contributed by atoms with Crippen LogP contribution in [0.1, 0.15) is 0 Å². The topological polar surface area (TPSA) is 66.5 Å². The average Bonchev–Trinajstić information content (AvgIpc) is 3.00. The zero-order chi connectivity index (χ0) is 15.6. The van der Waals surface area contributed by atoms with Crippen LogP contribution >= 0.6 is 15.9 Å². The Labute approximate surface area is 140 Å². The van der Waals surface area contributed by atoms with Crippen LogP contribution in [0.4, 0.5) is 11.6 Å². The van der Waals surface area contributed by atoms with Gasteiger partial charge in [-0.1, -0.05) is 42.5 Å². The van der Waals surface area contributed by atoms with Crippen molar-refractivity contribution >= 4 is 38.5 Å². The van der Waals surface area contributed by atoms with Crippen molar-refractivity contribution in [2.45, 2.75) is 0 Å². The van der Waals surface area contributed by atoms with Gasteiger partial charge in [0.05, 0.1) is 16.2 Å². The number of rotatable bonds is 3. The second kappa shape index (κ2) is 5.81. The summed E-state index contributed by atoms with van der Waals surface area (Å²) in [7, 11) is 0. The predicted molar refractivity (Wildman–Crippen MR) is 94.5 cm³/mol. The van der Waals surface area contributed by atoms with Crippen molar-refractivity contribution in [3.05, 3.63) is 65.3 Å². The molecule has 2 aromatic carbocycles. The van der Waals surface area contributed by atoms with Gasteiger partial charge in [-0.2, -0.15) is 5.10 Å². The van der Waals surface area contributed by atoms with E-state index < -0.39 is 0 Å². The molecule has 0 aliphatic heterocycles. The number of H-pyrrole nitrogens is 1. The average molecular weight is 366 g/mol. The van der Waals surface area contributed by atoms with Gasteiger partial charge in [0.25, 0.3) is 0 Å². The molecule has 0 radical (unpaired) electrons. The Morgan fingerprint density at radius 2 is 1.70 bits per heavy atom. The first-order chi connectivity index (χ1) is 11.3. The van der Waals surface area contributed by atoms with Gasteiger partial charge in [0.1, 0.15) is 11.6 Å². The largest absolute Gasteiger partial charge is 0.324 e. The molecule has 2 aromatic heterocycles. The summed E-state index contributed by atoms with van der Waals surface area (Å²) in [5.41, 5.74) is 1.87. The Morgan fingerprint density at radius 1 is 0.913 bits per heavy atom. The first-order valence-electron chi connectivity index (χ1n) is 7.09. The number of nitrogens with one attached hydrogen (secondary N) is 2. The first kappa shape index (κ1) is 13.9. The molecule has 0 spiro atoms. The van der Waals surface area contributed by atoms with Crippen LogP contribution in [0.25, 0.3) is 22.3 Å². The smallest absolute Gasteiger partial charge is 0.162 e. The summed E-state index contributed by atoms with van der Waals surface area (Å²) < 4.78 is 0.849. The molecule has 2 N–H and O–H groups in total. The van der Waals surface area contributed by atoms with Crippen molar-refractivity contribution in [2.24, 2.45) is 0 Å². The minimum absolute atomic E-state index is 0.683. The van der Waals surface area contributed by atoms with Gasteiger partial charge in [0, 0.05) is 10.9 Å². The van der Waals surface area contributed by atoms with E-state index in [2.05, 4.69) is 36.4 Å². The SMILES string of the molecule is Brc1cn[nH]c1Nc1nc(-c2ccccc2)nc2ccccc12. The van der Waals surface area contributed by atoms with Crippen LogP contribution in [0.15, 0.2) is 65.3 Å². The van der Waals surface area contributed by atoms with Gasteiger partial charge in [0.2, 0.25) is 0 Å². The van der Waals surface area contributed by atoms with Crippen molar-refractivity contribution in [2.75, 3.05) is 5.32 Å². The van der Waals surface area contributed by atoms with Crippen LogP contribution in [0.2, 0.25) is 0 Å². The van der Waals surface area contributed by atoms with Gasteiger partial charge in [0.15, 0.2) is 5.82 Å². The molecule has 5 nitrogen and oxygen atoms in total.